The van der Waals surface area contributed by atoms with E-state index in [2.05, 4.69) is 23.1 Å². The molecule has 1 saturated heterocycles. The summed E-state index contributed by atoms with van der Waals surface area (Å²) >= 11 is 0. The van der Waals surface area contributed by atoms with Gasteiger partial charge in [-0.1, -0.05) is 18.6 Å². The smallest absolute Gasteiger partial charge is 0.259 e. The molecule has 0 saturated carbocycles. The third-order valence-corrected chi connectivity index (χ3v) is 4.90. The largest absolute Gasteiger partial charge is 0.494 e. The van der Waals surface area contributed by atoms with Gasteiger partial charge in [-0.15, -0.1) is 0 Å². The Bertz CT molecular complexity index is 603. The van der Waals surface area contributed by atoms with Crippen molar-refractivity contribution in [1.29, 1.82) is 5.41 Å². The van der Waals surface area contributed by atoms with E-state index in [0.717, 1.165) is 31.6 Å². The normalized spacial score (nSPS) is 14.7. The molecule has 7 nitrogen and oxygen atoms in total. The van der Waals surface area contributed by atoms with Gasteiger partial charge in [-0.3, -0.25) is 20.4 Å². The Morgan fingerprint density at radius 2 is 2.04 bits per heavy atom. The average Bonchev–Trinajstić information content (AvgIpc) is 2.65. The Kier molecular flexibility index (Phi) is 9.04. The first-order chi connectivity index (χ1) is 13.0. The van der Waals surface area contributed by atoms with E-state index < -0.39 is 11.5 Å². The Labute approximate surface area is 162 Å². The van der Waals surface area contributed by atoms with Gasteiger partial charge in [0, 0.05) is 25.1 Å². The van der Waals surface area contributed by atoms with Crippen LogP contribution in [0.25, 0.3) is 0 Å². The molecule has 0 aromatic heterocycles. The molecule has 0 amide bonds. The van der Waals surface area contributed by atoms with E-state index in [9.17, 15) is 10.1 Å². The van der Waals surface area contributed by atoms with Gasteiger partial charge in [-0.25, -0.2) is 0 Å². The zero-order chi connectivity index (χ0) is 19.5. The maximum atomic E-state index is 10.4. The van der Waals surface area contributed by atoms with Crippen molar-refractivity contribution in [1.82, 2.24) is 9.80 Å². The van der Waals surface area contributed by atoms with Crippen LogP contribution < -0.4 is 4.74 Å². The highest BCUT2D eigenvalue weighted by molar-refractivity contribution is 5.79. The number of ether oxygens (including phenoxy) is 1. The van der Waals surface area contributed by atoms with Crippen molar-refractivity contribution in [2.45, 2.75) is 45.1 Å². The topological polar surface area (TPSA) is 82.7 Å². The van der Waals surface area contributed by atoms with Crippen molar-refractivity contribution in [3.63, 3.8) is 0 Å². The predicted molar refractivity (Wildman–Crippen MR) is 107 cm³/mol. The van der Waals surface area contributed by atoms with Crippen LogP contribution in [0.15, 0.2) is 24.3 Å². The van der Waals surface area contributed by atoms with Crippen molar-refractivity contribution < 1.29 is 9.66 Å². The maximum Gasteiger partial charge on any atom is 0.259 e. The average molecular weight is 377 g/mol. The molecule has 27 heavy (non-hydrogen) atoms. The number of likely N-dealkylation sites (tertiary alicyclic amines) is 1. The second-order valence-electron chi connectivity index (χ2n) is 7.25. The van der Waals surface area contributed by atoms with Gasteiger partial charge in [-0.2, -0.15) is 0 Å². The Morgan fingerprint density at radius 1 is 1.26 bits per heavy atom. The first-order valence-corrected chi connectivity index (χ1v) is 9.89. The minimum Gasteiger partial charge on any atom is -0.494 e. The van der Waals surface area contributed by atoms with Crippen LogP contribution in [0.4, 0.5) is 0 Å². The van der Waals surface area contributed by atoms with E-state index in [1.54, 1.807) is 11.9 Å². The number of nitro groups is 1. The summed E-state index contributed by atoms with van der Waals surface area (Å²) in [5.41, 5.74) is 1.31. The van der Waals surface area contributed by atoms with E-state index in [1.807, 2.05) is 6.07 Å². The molecule has 0 atom stereocenters. The fraction of sp³-hybridized carbons (Fsp3) is 0.650. The molecule has 0 bridgehead atoms. The molecule has 1 aliphatic rings. The lowest BCUT2D eigenvalue weighted by molar-refractivity contribution is -0.464. The molecule has 7 heteroatoms. The van der Waals surface area contributed by atoms with Gasteiger partial charge in [0.05, 0.1) is 6.61 Å². The van der Waals surface area contributed by atoms with Crippen LogP contribution in [0.3, 0.4) is 0 Å². The van der Waals surface area contributed by atoms with Gasteiger partial charge in [0.2, 0.25) is 0 Å². The minimum absolute atomic E-state index is 0.0572. The lowest BCUT2D eigenvalue weighted by Gasteiger charge is -2.26. The predicted octanol–water partition coefficient (Wildman–Crippen LogP) is 3.41. The zero-order valence-corrected chi connectivity index (χ0v) is 16.4. The Hall–Kier alpha value is -2.15. The summed E-state index contributed by atoms with van der Waals surface area (Å²) < 4.78 is 5.88. The van der Waals surface area contributed by atoms with Crippen molar-refractivity contribution in [3.05, 3.63) is 39.9 Å². The monoisotopic (exact) mass is 376 g/mol. The molecule has 150 valence electrons. The van der Waals surface area contributed by atoms with Gasteiger partial charge in [-0.05, 0) is 62.9 Å². The minimum atomic E-state index is -0.466. The second kappa shape index (κ2) is 11.5. The van der Waals surface area contributed by atoms with Crippen molar-refractivity contribution >= 4 is 5.84 Å². The molecule has 0 radical (unpaired) electrons. The summed E-state index contributed by atoms with van der Waals surface area (Å²) in [6.07, 6.45) is 6.77. The number of nitrogens with one attached hydrogen (secondary N) is 1. The summed E-state index contributed by atoms with van der Waals surface area (Å²) in [4.78, 5) is 14.1. The van der Waals surface area contributed by atoms with Gasteiger partial charge in [0.15, 0.2) is 5.84 Å². The number of nitrogens with zero attached hydrogens (tertiary/aromatic N) is 3. The van der Waals surface area contributed by atoms with E-state index >= 15 is 0 Å². The number of piperidine rings is 1. The number of hydrogen-bond acceptors (Lipinski definition) is 5. The first kappa shape index (κ1) is 21.2. The molecule has 1 N–H and O–H groups in total. The van der Waals surface area contributed by atoms with Gasteiger partial charge >= 0.3 is 0 Å². The fourth-order valence-corrected chi connectivity index (χ4v) is 3.31. The molecule has 0 spiro atoms. The first-order valence-electron chi connectivity index (χ1n) is 9.89. The summed E-state index contributed by atoms with van der Waals surface area (Å²) in [6.45, 7) is 4.31. The molecule has 0 unspecified atom stereocenters. The number of amidine groups is 1. The fourth-order valence-electron chi connectivity index (χ4n) is 3.31. The molecule has 2 rings (SSSR count). The SMILES string of the molecule is CN(CCCCCOc1cccc(CN2CCCCC2)c1)C(=N)C[N+](=O)[O-]. The third-order valence-electron chi connectivity index (χ3n) is 4.90. The number of likely N-dealkylation sites (N-methyl/N-ethyl adjacent to an activating group) is 1. The van der Waals surface area contributed by atoms with Gasteiger partial charge in [0.25, 0.3) is 6.54 Å². The summed E-state index contributed by atoms with van der Waals surface area (Å²) in [5.74, 6) is 0.983. The van der Waals surface area contributed by atoms with Crippen LogP contribution in [-0.2, 0) is 6.54 Å². The molecule has 1 aromatic rings. The van der Waals surface area contributed by atoms with Crippen molar-refractivity contribution in [2.24, 2.45) is 0 Å². The quantitative estimate of drug-likeness (QED) is 0.210. The third kappa shape index (κ3) is 8.39. The van der Waals surface area contributed by atoms with Crippen LogP contribution in [-0.4, -0.2) is 60.4 Å². The lowest BCUT2D eigenvalue weighted by atomic mass is 10.1. The molecule has 0 aliphatic carbocycles. The van der Waals surface area contributed by atoms with Gasteiger partial charge < -0.3 is 9.64 Å². The summed E-state index contributed by atoms with van der Waals surface area (Å²) in [6, 6.07) is 8.37. The van der Waals surface area contributed by atoms with Crippen LogP contribution in [0.1, 0.15) is 44.1 Å². The standard InChI is InChI=1S/C20H32N4O3/c1-22(20(21)17-24(25)26)11-4-3-7-14-27-19-10-8-9-18(15-19)16-23-12-5-2-6-13-23/h8-10,15,21H,2-7,11-14,16-17H2,1H3. The highest BCUT2D eigenvalue weighted by Gasteiger charge is 2.11. The zero-order valence-electron chi connectivity index (χ0n) is 16.4. The number of benzene rings is 1. The number of unbranched alkanes of at least 4 members (excludes halogenated alkanes) is 2. The summed E-state index contributed by atoms with van der Waals surface area (Å²) in [5, 5.41) is 18.0. The Balaban J connectivity index is 1.60. The molecular weight excluding hydrogens is 344 g/mol. The lowest BCUT2D eigenvalue weighted by Crippen LogP contribution is -2.32. The van der Waals surface area contributed by atoms with Crippen LogP contribution >= 0.6 is 0 Å². The van der Waals surface area contributed by atoms with E-state index in [-0.39, 0.29) is 5.84 Å². The molecule has 1 aromatic carbocycles. The maximum absolute atomic E-state index is 10.4. The van der Waals surface area contributed by atoms with Crippen molar-refractivity contribution in [2.75, 3.05) is 39.8 Å². The molecular formula is C20H32N4O3. The number of hydrogen-bond donors (Lipinski definition) is 1. The Morgan fingerprint density at radius 3 is 2.78 bits per heavy atom. The summed E-state index contributed by atoms with van der Waals surface area (Å²) in [7, 11) is 1.73. The highest BCUT2D eigenvalue weighted by Crippen LogP contribution is 2.18. The van der Waals surface area contributed by atoms with Crippen LogP contribution in [0, 0.1) is 15.5 Å². The molecule has 1 heterocycles. The van der Waals surface area contributed by atoms with Crippen LogP contribution in [0.2, 0.25) is 0 Å². The van der Waals surface area contributed by atoms with E-state index in [0.29, 0.717) is 13.2 Å². The van der Waals surface area contributed by atoms with Crippen molar-refractivity contribution in [3.8, 4) is 5.75 Å². The molecule has 1 aliphatic heterocycles. The number of rotatable bonds is 11. The second-order valence-corrected chi connectivity index (χ2v) is 7.25. The highest BCUT2D eigenvalue weighted by atomic mass is 16.6. The van der Waals surface area contributed by atoms with Crippen LogP contribution in [0.5, 0.6) is 5.75 Å². The molecule has 1 fully saturated rings. The van der Waals surface area contributed by atoms with Gasteiger partial charge in [0.1, 0.15) is 5.75 Å². The van der Waals surface area contributed by atoms with E-state index in [4.69, 9.17) is 10.1 Å². The van der Waals surface area contributed by atoms with E-state index in [1.165, 1.54) is 37.9 Å².